The summed E-state index contributed by atoms with van der Waals surface area (Å²) in [4.78, 5) is 24.8. The maximum absolute atomic E-state index is 12.6. The van der Waals surface area contributed by atoms with Crippen LogP contribution in [0.25, 0.3) is 22.5 Å². The third-order valence-electron chi connectivity index (χ3n) is 3.89. The minimum Gasteiger partial charge on any atom is -0.463 e. The van der Waals surface area contributed by atoms with E-state index in [4.69, 9.17) is 4.42 Å². The van der Waals surface area contributed by atoms with Gasteiger partial charge in [0, 0.05) is 6.07 Å². The Morgan fingerprint density at radius 2 is 2.08 bits per heavy atom. The molecule has 1 N–H and O–H groups in total. The Hall–Kier alpha value is -3.33. The smallest absolute Gasteiger partial charge is 0.267 e. The molecule has 0 aliphatic rings. The second-order valence-electron chi connectivity index (χ2n) is 5.58. The monoisotopic (exact) mass is 367 g/mol. The van der Waals surface area contributed by atoms with Crippen LogP contribution in [0.15, 0.2) is 57.9 Å². The molecule has 9 heteroatoms. The molecular formula is C17H13N5O3S. The molecule has 0 radical (unpaired) electrons. The molecule has 1 unspecified atom stereocenters. The van der Waals surface area contributed by atoms with Crippen LogP contribution in [0.2, 0.25) is 0 Å². The van der Waals surface area contributed by atoms with Gasteiger partial charge in [-0.05, 0) is 37.3 Å². The first-order valence-electron chi connectivity index (χ1n) is 7.79. The highest BCUT2D eigenvalue weighted by molar-refractivity contribution is 7.00. The van der Waals surface area contributed by atoms with E-state index >= 15 is 0 Å². The third-order valence-corrected chi connectivity index (χ3v) is 4.43. The predicted octanol–water partition coefficient (Wildman–Crippen LogP) is 2.71. The second-order valence-corrected chi connectivity index (χ2v) is 6.11. The lowest BCUT2D eigenvalue weighted by molar-refractivity contribution is -0.119. The van der Waals surface area contributed by atoms with E-state index in [-0.39, 0.29) is 11.5 Å². The van der Waals surface area contributed by atoms with Gasteiger partial charge < -0.3 is 9.73 Å². The molecule has 0 saturated heterocycles. The lowest BCUT2D eigenvalue weighted by Gasteiger charge is -2.14. The molecule has 3 aromatic heterocycles. The summed E-state index contributed by atoms with van der Waals surface area (Å²) in [6.45, 7) is 1.61. The number of furan rings is 1. The Labute approximate surface area is 151 Å². The molecule has 1 amide bonds. The molecule has 4 rings (SSSR count). The fourth-order valence-electron chi connectivity index (χ4n) is 2.51. The average molecular weight is 367 g/mol. The van der Waals surface area contributed by atoms with Gasteiger partial charge in [-0.3, -0.25) is 9.59 Å². The largest absolute Gasteiger partial charge is 0.463 e. The standard InChI is InChI=1S/C17H13N5O3S/c1-10(17(24)18-12-4-2-5-13-16(12)21-26-20-13)22-15(23)8-7-11(19-22)14-6-3-9-25-14/h2-10H,1H3,(H,18,24). The van der Waals surface area contributed by atoms with Crippen molar-refractivity contribution in [3.8, 4) is 11.5 Å². The lowest BCUT2D eigenvalue weighted by Crippen LogP contribution is -2.33. The molecule has 0 fully saturated rings. The molecule has 0 spiro atoms. The van der Waals surface area contributed by atoms with Crippen LogP contribution in [0.3, 0.4) is 0 Å². The number of benzene rings is 1. The molecule has 8 nitrogen and oxygen atoms in total. The van der Waals surface area contributed by atoms with Gasteiger partial charge in [0.1, 0.15) is 22.8 Å². The van der Waals surface area contributed by atoms with Gasteiger partial charge in [0.05, 0.1) is 23.7 Å². The van der Waals surface area contributed by atoms with Crippen molar-refractivity contribution in [2.75, 3.05) is 5.32 Å². The predicted molar refractivity (Wildman–Crippen MR) is 97.0 cm³/mol. The van der Waals surface area contributed by atoms with Crippen LogP contribution in [0.1, 0.15) is 13.0 Å². The van der Waals surface area contributed by atoms with Gasteiger partial charge in [0.25, 0.3) is 5.56 Å². The molecule has 1 aromatic carbocycles. The molecule has 1 atom stereocenters. The van der Waals surface area contributed by atoms with Crippen molar-refractivity contribution >= 4 is 34.4 Å². The van der Waals surface area contributed by atoms with Crippen molar-refractivity contribution in [3.05, 3.63) is 59.1 Å². The Balaban J connectivity index is 1.64. The number of rotatable bonds is 4. The van der Waals surface area contributed by atoms with Crippen LogP contribution in [0, 0.1) is 0 Å². The number of nitrogens with zero attached hydrogens (tertiary/aromatic N) is 4. The maximum Gasteiger partial charge on any atom is 0.267 e. The minimum atomic E-state index is -0.820. The van der Waals surface area contributed by atoms with Gasteiger partial charge in [-0.1, -0.05) is 6.07 Å². The van der Waals surface area contributed by atoms with E-state index in [2.05, 4.69) is 19.2 Å². The molecule has 0 bridgehead atoms. The summed E-state index contributed by atoms with van der Waals surface area (Å²) in [5.74, 6) is 0.140. The van der Waals surface area contributed by atoms with Crippen LogP contribution >= 0.6 is 11.7 Å². The van der Waals surface area contributed by atoms with Gasteiger partial charge >= 0.3 is 0 Å². The highest BCUT2D eigenvalue weighted by Gasteiger charge is 2.20. The van der Waals surface area contributed by atoms with Crippen molar-refractivity contribution in [2.24, 2.45) is 0 Å². The molecule has 4 aromatic rings. The summed E-state index contributed by atoms with van der Waals surface area (Å²) < 4.78 is 14.8. The van der Waals surface area contributed by atoms with Crippen molar-refractivity contribution in [2.45, 2.75) is 13.0 Å². The van der Waals surface area contributed by atoms with E-state index < -0.39 is 6.04 Å². The maximum atomic E-state index is 12.6. The number of carbonyl (C=O) groups excluding carboxylic acids is 1. The fourth-order valence-corrected chi connectivity index (χ4v) is 3.06. The van der Waals surface area contributed by atoms with E-state index in [0.29, 0.717) is 28.2 Å². The Morgan fingerprint density at radius 1 is 1.19 bits per heavy atom. The summed E-state index contributed by atoms with van der Waals surface area (Å²) in [5.41, 5.74) is 1.96. The Morgan fingerprint density at radius 3 is 2.88 bits per heavy atom. The molecular weight excluding hydrogens is 354 g/mol. The van der Waals surface area contributed by atoms with E-state index in [9.17, 15) is 9.59 Å². The molecule has 26 heavy (non-hydrogen) atoms. The first-order chi connectivity index (χ1) is 12.6. The molecule has 0 aliphatic heterocycles. The normalized spacial score (nSPS) is 12.2. The average Bonchev–Trinajstić information content (AvgIpc) is 3.33. The zero-order chi connectivity index (χ0) is 18.1. The van der Waals surface area contributed by atoms with Crippen molar-refractivity contribution in [3.63, 3.8) is 0 Å². The van der Waals surface area contributed by atoms with Crippen molar-refractivity contribution in [1.82, 2.24) is 18.5 Å². The summed E-state index contributed by atoms with van der Waals surface area (Å²) in [6, 6.07) is 10.9. The van der Waals surface area contributed by atoms with Gasteiger partial charge in [0.15, 0.2) is 5.76 Å². The first-order valence-corrected chi connectivity index (χ1v) is 8.52. The van der Waals surface area contributed by atoms with Crippen LogP contribution in [-0.2, 0) is 4.79 Å². The summed E-state index contributed by atoms with van der Waals surface area (Å²) >= 11 is 1.07. The van der Waals surface area contributed by atoms with Crippen LogP contribution in [-0.4, -0.2) is 24.4 Å². The van der Waals surface area contributed by atoms with Gasteiger partial charge in [-0.2, -0.15) is 13.8 Å². The Kier molecular flexibility index (Phi) is 4.05. The molecule has 0 saturated carbocycles. The minimum absolute atomic E-state index is 0.378. The van der Waals surface area contributed by atoms with Gasteiger partial charge in [-0.25, -0.2) is 4.68 Å². The van der Waals surface area contributed by atoms with Crippen LogP contribution < -0.4 is 10.9 Å². The molecule has 3 heterocycles. The number of hydrogen-bond acceptors (Lipinski definition) is 7. The second kappa shape index (κ2) is 6.52. The van der Waals surface area contributed by atoms with E-state index in [1.807, 2.05) is 6.07 Å². The van der Waals surface area contributed by atoms with E-state index in [0.717, 1.165) is 16.4 Å². The Bertz CT molecular complexity index is 1130. The number of anilines is 1. The summed E-state index contributed by atoms with van der Waals surface area (Å²) in [7, 11) is 0. The summed E-state index contributed by atoms with van der Waals surface area (Å²) in [5, 5.41) is 7.05. The van der Waals surface area contributed by atoms with Crippen molar-refractivity contribution < 1.29 is 9.21 Å². The number of carbonyl (C=O) groups is 1. The topological polar surface area (TPSA) is 103 Å². The third kappa shape index (κ3) is 2.88. The number of hydrogen-bond donors (Lipinski definition) is 1. The number of amides is 1. The number of nitrogens with one attached hydrogen (secondary N) is 1. The highest BCUT2D eigenvalue weighted by Crippen LogP contribution is 2.22. The molecule has 130 valence electrons. The SMILES string of the molecule is CC(C(=O)Nc1cccc2nsnc12)n1nc(-c2ccco2)ccc1=O. The number of fused-ring (bicyclic) bond motifs is 1. The summed E-state index contributed by atoms with van der Waals surface area (Å²) in [6.07, 6.45) is 1.52. The van der Waals surface area contributed by atoms with Crippen molar-refractivity contribution in [1.29, 1.82) is 0 Å². The number of aromatic nitrogens is 4. The van der Waals surface area contributed by atoms with Gasteiger partial charge in [0.2, 0.25) is 5.91 Å². The van der Waals surface area contributed by atoms with E-state index in [1.165, 1.54) is 12.3 Å². The highest BCUT2D eigenvalue weighted by atomic mass is 32.1. The zero-order valence-corrected chi connectivity index (χ0v) is 14.4. The lowest BCUT2D eigenvalue weighted by atomic mass is 10.2. The first kappa shape index (κ1) is 16.2. The van der Waals surface area contributed by atoms with E-state index in [1.54, 1.807) is 37.3 Å². The van der Waals surface area contributed by atoms with Gasteiger partial charge in [-0.15, -0.1) is 0 Å². The van der Waals surface area contributed by atoms with Crippen LogP contribution in [0.4, 0.5) is 5.69 Å². The van der Waals surface area contributed by atoms with Crippen LogP contribution in [0.5, 0.6) is 0 Å². The fraction of sp³-hybridized carbons (Fsp3) is 0.118. The quantitative estimate of drug-likeness (QED) is 0.595. The zero-order valence-electron chi connectivity index (χ0n) is 13.6. The molecule has 0 aliphatic carbocycles.